The quantitative estimate of drug-likeness (QED) is 0.809. The molecule has 18 heavy (non-hydrogen) atoms. The molecule has 1 aromatic rings. The molecule has 0 fully saturated rings. The zero-order valence-electron chi connectivity index (χ0n) is 12.2. The molecule has 2 rings (SSSR count). The number of hydrogen-bond acceptors (Lipinski definition) is 2. The lowest BCUT2D eigenvalue weighted by atomic mass is 9.87. The van der Waals surface area contributed by atoms with Crippen molar-refractivity contribution in [1.29, 1.82) is 0 Å². The number of nitrogens with zero attached hydrogens (tertiary/aromatic N) is 1. The fourth-order valence-electron chi connectivity index (χ4n) is 2.50. The Kier molecular flexibility index (Phi) is 4.08. The zero-order valence-corrected chi connectivity index (χ0v) is 13.1. The molecular formula is C16H25NS. The summed E-state index contributed by atoms with van der Waals surface area (Å²) in [6.07, 6.45) is 1.22. The van der Waals surface area contributed by atoms with Crippen molar-refractivity contribution in [3.05, 3.63) is 29.8 Å². The van der Waals surface area contributed by atoms with E-state index in [1.807, 2.05) is 0 Å². The summed E-state index contributed by atoms with van der Waals surface area (Å²) in [4.78, 5) is 4.00. The fraction of sp³-hybridized carbons (Fsp3) is 0.625. The van der Waals surface area contributed by atoms with E-state index in [1.165, 1.54) is 23.4 Å². The van der Waals surface area contributed by atoms with Crippen molar-refractivity contribution >= 4 is 11.8 Å². The van der Waals surface area contributed by atoms with Gasteiger partial charge in [-0.25, -0.2) is 0 Å². The summed E-state index contributed by atoms with van der Waals surface area (Å²) in [6.45, 7) is 10.5. The van der Waals surface area contributed by atoms with Gasteiger partial charge in [0.15, 0.2) is 0 Å². The summed E-state index contributed by atoms with van der Waals surface area (Å²) in [5.41, 5.74) is 1.88. The Labute approximate surface area is 116 Å². The van der Waals surface area contributed by atoms with Crippen molar-refractivity contribution in [1.82, 2.24) is 4.90 Å². The molecular weight excluding hydrogens is 238 g/mol. The first-order valence-corrected chi connectivity index (χ1v) is 7.70. The van der Waals surface area contributed by atoms with Gasteiger partial charge in [-0.2, -0.15) is 0 Å². The summed E-state index contributed by atoms with van der Waals surface area (Å²) < 4.78 is 0. The minimum absolute atomic E-state index is 0.352. The summed E-state index contributed by atoms with van der Waals surface area (Å²) in [5.74, 6) is 0. The van der Waals surface area contributed by atoms with E-state index in [0.717, 1.165) is 5.25 Å². The van der Waals surface area contributed by atoms with Crippen LogP contribution in [0.2, 0.25) is 0 Å². The van der Waals surface area contributed by atoms with Gasteiger partial charge in [0.1, 0.15) is 0 Å². The van der Waals surface area contributed by atoms with Gasteiger partial charge < -0.3 is 4.90 Å². The van der Waals surface area contributed by atoms with E-state index in [9.17, 15) is 0 Å². The van der Waals surface area contributed by atoms with E-state index in [4.69, 9.17) is 0 Å². The van der Waals surface area contributed by atoms with Crippen LogP contribution in [0.4, 0.5) is 0 Å². The highest BCUT2D eigenvalue weighted by atomic mass is 32.2. The molecule has 0 radical (unpaired) electrons. The molecule has 1 nitrogen and oxygen atoms in total. The minimum Gasteiger partial charge on any atom is -0.302 e. The first-order chi connectivity index (χ1) is 8.38. The minimum atomic E-state index is 0.352. The van der Waals surface area contributed by atoms with Crippen molar-refractivity contribution in [3.8, 4) is 0 Å². The van der Waals surface area contributed by atoms with Gasteiger partial charge in [0.05, 0.1) is 0 Å². The Bertz CT molecular complexity index is 383. The lowest BCUT2D eigenvalue weighted by Gasteiger charge is -2.36. The average molecular weight is 263 g/mol. The normalized spacial score (nSPS) is 21.1. The van der Waals surface area contributed by atoms with Gasteiger partial charge in [0.25, 0.3) is 0 Å². The van der Waals surface area contributed by atoms with Gasteiger partial charge >= 0.3 is 0 Å². The van der Waals surface area contributed by atoms with E-state index in [-0.39, 0.29) is 0 Å². The number of hydrogen-bond donors (Lipinski definition) is 0. The third kappa shape index (κ3) is 3.10. The SMILES string of the molecule is CC(N(C)CC1Cc2ccccc2S1)C(C)(C)C. The fourth-order valence-corrected chi connectivity index (χ4v) is 3.89. The predicted molar refractivity (Wildman–Crippen MR) is 81.3 cm³/mol. The molecule has 1 aliphatic rings. The molecule has 1 heterocycles. The molecule has 2 atom stereocenters. The molecule has 100 valence electrons. The van der Waals surface area contributed by atoms with Crippen LogP contribution in [0, 0.1) is 5.41 Å². The van der Waals surface area contributed by atoms with Crippen LogP contribution < -0.4 is 0 Å². The molecule has 2 unspecified atom stereocenters. The number of fused-ring (bicyclic) bond motifs is 1. The van der Waals surface area contributed by atoms with Crippen LogP contribution in [-0.2, 0) is 6.42 Å². The van der Waals surface area contributed by atoms with Crippen molar-refractivity contribution < 1.29 is 0 Å². The second-order valence-electron chi connectivity index (χ2n) is 6.53. The maximum absolute atomic E-state index is 2.52. The number of rotatable bonds is 3. The van der Waals surface area contributed by atoms with E-state index in [1.54, 1.807) is 0 Å². The summed E-state index contributed by atoms with van der Waals surface area (Å²) in [7, 11) is 2.26. The van der Waals surface area contributed by atoms with Crippen LogP contribution in [0.5, 0.6) is 0 Å². The lowest BCUT2D eigenvalue weighted by Crippen LogP contribution is -2.42. The van der Waals surface area contributed by atoms with Gasteiger partial charge in [-0.1, -0.05) is 39.0 Å². The van der Waals surface area contributed by atoms with Gasteiger partial charge in [-0.3, -0.25) is 0 Å². The monoisotopic (exact) mass is 263 g/mol. The standard InChI is InChI=1S/C16H25NS/c1-12(16(2,3)4)17(5)11-14-10-13-8-6-7-9-15(13)18-14/h6-9,12,14H,10-11H2,1-5H3. The smallest absolute Gasteiger partial charge is 0.0263 e. The zero-order chi connectivity index (χ0) is 13.3. The second-order valence-corrected chi connectivity index (χ2v) is 7.88. The Morgan fingerprint density at radius 1 is 1.33 bits per heavy atom. The molecule has 0 aromatic heterocycles. The van der Waals surface area contributed by atoms with Crippen LogP contribution in [0.25, 0.3) is 0 Å². The second kappa shape index (κ2) is 5.26. The third-order valence-electron chi connectivity index (χ3n) is 4.12. The average Bonchev–Trinajstić information content (AvgIpc) is 2.68. The van der Waals surface area contributed by atoms with Crippen molar-refractivity contribution in [2.75, 3.05) is 13.6 Å². The Morgan fingerprint density at radius 3 is 2.61 bits per heavy atom. The van der Waals surface area contributed by atoms with Gasteiger partial charge in [-0.15, -0.1) is 11.8 Å². The molecule has 2 heteroatoms. The molecule has 0 saturated carbocycles. The molecule has 1 aromatic carbocycles. The number of benzene rings is 1. The molecule has 0 amide bonds. The molecule has 0 N–H and O–H groups in total. The molecule has 0 bridgehead atoms. The van der Waals surface area contributed by atoms with Gasteiger partial charge in [0, 0.05) is 22.7 Å². The molecule has 1 aliphatic heterocycles. The van der Waals surface area contributed by atoms with E-state index >= 15 is 0 Å². The van der Waals surface area contributed by atoms with E-state index in [0.29, 0.717) is 11.5 Å². The van der Waals surface area contributed by atoms with Crippen LogP contribution in [0.15, 0.2) is 29.2 Å². The Hall–Kier alpha value is -0.470. The highest BCUT2D eigenvalue weighted by Crippen LogP contribution is 2.37. The maximum atomic E-state index is 2.52. The molecule has 0 saturated heterocycles. The van der Waals surface area contributed by atoms with Crippen LogP contribution >= 0.6 is 11.8 Å². The summed E-state index contributed by atoms with van der Waals surface area (Å²) in [6, 6.07) is 9.45. The lowest BCUT2D eigenvalue weighted by molar-refractivity contribution is 0.142. The Balaban J connectivity index is 1.94. The van der Waals surface area contributed by atoms with Crippen LogP contribution in [-0.4, -0.2) is 29.8 Å². The van der Waals surface area contributed by atoms with Crippen LogP contribution in [0.1, 0.15) is 33.3 Å². The van der Waals surface area contributed by atoms with E-state index < -0.39 is 0 Å². The topological polar surface area (TPSA) is 3.24 Å². The molecule has 0 aliphatic carbocycles. The predicted octanol–water partition coefficient (Wildman–Crippen LogP) is 4.07. The first-order valence-electron chi connectivity index (χ1n) is 6.82. The van der Waals surface area contributed by atoms with Crippen molar-refractivity contribution in [3.63, 3.8) is 0 Å². The summed E-state index contributed by atoms with van der Waals surface area (Å²) in [5, 5.41) is 0.720. The largest absolute Gasteiger partial charge is 0.302 e. The first kappa shape index (κ1) is 14.0. The Morgan fingerprint density at radius 2 is 2.00 bits per heavy atom. The van der Waals surface area contributed by atoms with Crippen LogP contribution in [0.3, 0.4) is 0 Å². The van der Waals surface area contributed by atoms with Gasteiger partial charge in [-0.05, 0) is 37.4 Å². The number of thioether (sulfide) groups is 1. The van der Waals surface area contributed by atoms with Gasteiger partial charge in [0.2, 0.25) is 0 Å². The highest BCUT2D eigenvalue weighted by Gasteiger charge is 2.28. The maximum Gasteiger partial charge on any atom is 0.0263 e. The third-order valence-corrected chi connectivity index (χ3v) is 5.42. The van der Waals surface area contributed by atoms with Crippen molar-refractivity contribution in [2.24, 2.45) is 5.41 Å². The highest BCUT2D eigenvalue weighted by molar-refractivity contribution is 8.00. The summed E-state index contributed by atoms with van der Waals surface area (Å²) >= 11 is 2.05. The van der Waals surface area contributed by atoms with Crippen molar-refractivity contribution in [2.45, 2.75) is 50.3 Å². The van der Waals surface area contributed by atoms with E-state index in [2.05, 4.69) is 75.7 Å². The molecule has 0 spiro atoms.